The molecule has 0 saturated heterocycles. The summed E-state index contributed by atoms with van der Waals surface area (Å²) in [7, 11) is 0. The van der Waals surface area contributed by atoms with E-state index in [4.69, 9.17) is 5.26 Å². The molecule has 4 nitrogen and oxygen atoms in total. The van der Waals surface area contributed by atoms with Crippen LogP contribution in [0.1, 0.15) is 29.2 Å². The molecule has 2 heterocycles. The van der Waals surface area contributed by atoms with Gasteiger partial charge in [-0.2, -0.15) is 5.26 Å². The smallest absolute Gasteiger partial charge is 0.188 e. The Labute approximate surface area is 96.6 Å². The van der Waals surface area contributed by atoms with Gasteiger partial charge in [-0.25, -0.2) is 15.0 Å². The minimum absolute atomic E-state index is 0.475. The van der Waals surface area contributed by atoms with Crippen LogP contribution in [0, 0.1) is 11.3 Å². The molecule has 2 aromatic rings. The second kappa shape index (κ2) is 3.65. The number of aromatic nitrogens is 3. The fraction of sp³-hybridized carbons (Fsp3) is 0.273. The highest BCUT2D eigenvalue weighted by Gasteiger charge is 2.26. The van der Waals surface area contributed by atoms with E-state index in [0.717, 1.165) is 5.01 Å². The Hall–Kier alpha value is -1.80. The van der Waals surface area contributed by atoms with E-state index in [2.05, 4.69) is 15.0 Å². The number of rotatable bonds is 2. The normalized spacial score (nSPS) is 14.7. The molecule has 0 aromatic carbocycles. The highest BCUT2D eigenvalue weighted by atomic mass is 32.1. The lowest BCUT2D eigenvalue weighted by atomic mass is 10.4. The minimum Gasteiger partial charge on any atom is -0.241 e. The molecule has 5 heteroatoms. The summed E-state index contributed by atoms with van der Waals surface area (Å²) in [4.78, 5) is 13.9. The standard InChI is InChI=1S/C11H8N4S/c12-3-7-4-13-10(14-5-7)11-15-6-9(16-11)8-1-2-8/h4-6,8H,1-2H2. The van der Waals surface area contributed by atoms with E-state index in [9.17, 15) is 0 Å². The third-order valence-electron chi connectivity index (χ3n) is 2.48. The first-order chi connectivity index (χ1) is 7.86. The fourth-order valence-corrected chi connectivity index (χ4v) is 2.48. The van der Waals surface area contributed by atoms with E-state index in [0.29, 0.717) is 17.3 Å². The van der Waals surface area contributed by atoms with Crippen LogP contribution in [-0.4, -0.2) is 15.0 Å². The first kappa shape index (κ1) is 9.43. The number of nitriles is 1. The van der Waals surface area contributed by atoms with Crippen molar-refractivity contribution in [3.8, 4) is 16.9 Å². The molecule has 1 aliphatic rings. The Morgan fingerprint density at radius 2 is 1.94 bits per heavy atom. The van der Waals surface area contributed by atoms with Gasteiger partial charge in [-0.1, -0.05) is 0 Å². The topological polar surface area (TPSA) is 62.5 Å². The molecule has 1 saturated carbocycles. The van der Waals surface area contributed by atoms with Crippen molar-refractivity contribution in [2.24, 2.45) is 0 Å². The lowest BCUT2D eigenvalue weighted by Crippen LogP contribution is -1.88. The average molecular weight is 228 g/mol. The van der Waals surface area contributed by atoms with Gasteiger partial charge in [0.2, 0.25) is 0 Å². The minimum atomic E-state index is 0.475. The van der Waals surface area contributed by atoms with Crippen molar-refractivity contribution in [2.45, 2.75) is 18.8 Å². The van der Waals surface area contributed by atoms with Gasteiger partial charge in [-0.15, -0.1) is 11.3 Å². The van der Waals surface area contributed by atoms with Crippen LogP contribution in [0.15, 0.2) is 18.6 Å². The van der Waals surface area contributed by atoms with Gasteiger partial charge in [-0.3, -0.25) is 0 Å². The summed E-state index contributed by atoms with van der Waals surface area (Å²) < 4.78 is 0. The van der Waals surface area contributed by atoms with Crippen LogP contribution < -0.4 is 0 Å². The highest BCUT2D eigenvalue weighted by molar-refractivity contribution is 7.15. The van der Waals surface area contributed by atoms with E-state index in [1.54, 1.807) is 11.3 Å². The van der Waals surface area contributed by atoms with Crippen molar-refractivity contribution < 1.29 is 0 Å². The lowest BCUT2D eigenvalue weighted by Gasteiger charge is -1.93. The Morgan fingerprint density at radius 3 is 2.56 bits per heavy atom. The quantitative estimate of drug-likeness (QED) is 0.791. The number of hydrogen-bond donors (Lipinski definition) is 0. The molecular weight excluding hydrogens is 220 g/mol. The average Bonchev–Trinajstić information content (AvgIpc) is 3.08. The van der Waals surface area contributed by atoms with Crippen molar-refractivity contribution >= 4 is 11.3 Å². The van der Waals surface area contributed by atoms with Gasteiger partial charge in [0.25, 0.3) is 0 Å². The molecule has 0 atom stereocenters. The molecule has 16 heavy (non-hydrogen) atoms. The van der Waals surface area contributed by atoms with Crippen molar-refractivity contribution in [1.29, 1.82) is 5.26 Å². The van der Waals surface area contributed by atoms with E-state index in [1.807, 2.05) is 12.3 Å². The maximum absolute atomic E-state index is 8.64. The van der Waals surface area contributed by atoms with Crippen LogP contribution in [0.4, 0.5) is 0 Å². The van der Waals surface area contributed by atoms with Gasteiger partial charge in [0.1, 0.15) is 6.07 Å². The van der Waals surface area contributed by atoms with Gasteiger partial charge < -0.3 is 0 Å². The molecule has 0 spiro atoms. The second-order valence-corrected chi connectivity index (χ2v) is 4.81. The van der Waals surface area contributed by atoms with Crippen molar-refractivity contribution in [3.63, 3.8) is 0 Å². The summed E-state index contributed by atoms with van der Waals surface area (Å²) in [6.45, 7) is 0. The highest BCUT2D eigenvalue weighted by Crippen LogP contribution is 2.43. The molecule has 1 aliphatic carbocycles. The fourth-order valence-electron chi connectivity index (χ4n) is 1.44. The Balaban J connectivity index is 1.92. The van der Waals surface area contributed by atoms with Crippen molar-refractivity contribution in [3.05, 3.63) is 29.0 Å². The molecule has 0 aliphatic heterocycles. The van der Waals surface area contributed by atoms with E-state index >= 15 is 0 Å². The molecule has 2 aromatic heterocycles. The molecule has 0 radical (unpaired) electrons. The Kier molecular flexibility index (Phi) is 2.15. The van der Waals surface area contributed by atoms with E-state index in [1.165, 1.54) is 30.1 Å². The third-order valence-corrected chi connectivity index (χ3v) is 3.63. The zero-order chi connectivity index (χ0) is 11.0. The number of nitrogens with zero attached hydrogens (tertiary/aromatic N) is 4. The summed E-state index contributed by atoms with van der Waals surface area (Å²) in [5.41, 5.74) is 0.475. The van der Waals surface area contributed by atoms with Crippen LogP contribution in [0.25, 0.3) is 10.8 Å². The van der Waals surface area contributed by atoms with Gasteiger partial charge in [0, 0.05) is 23.5 Å². The predicted octanol–water partition coefficient (Wildman–Crippen LogP) is 2.35. The molecule has 78 valence electrons. The van der Waals surface area contributed by atoms with Crippen molar-refractivity contribution in [1.82, 2.24) is 15.0 Å². The predicted molar refractivity (Wildman–Crippen MR) is 59.8 cm³/mol. The van der Waals surface area contributed by atoms with Crippen LogP contribution in [0.2, 0.25) is 0 Å². The molecule has 3 rings (SSSR count). The SMILES string of the molecule is N#Cc1cnc(-c2ncc(C3CC3)s2)nc1. The maximum Gasteiger partial charge on any atom is 0.188 e. The van der Waals surface area contributed by atoms with E-state index in [-0.39, 0.29) is 0 Å². The summed E-state index contributed by atoms with van der Waals surface area (Å²) in [5, 5.41) is 9.48. The van der Waals surface area contributed by atoms with Crippen molar-refractivity contribution in [2.75, 3.05) is 0 Å². The monoisotopic (exact) mass is 228 g/mol. The number of thiazole rings is 1. The third kappa shape index (κ3) is 1.68. The van der Waals surface area contributed by atoms with Gasteiger partial charge in [-0.05, 0) is 18.8 Å². The maximum atomic E-state index is 8.64. The molecule has 0 bridgehead atoms. The van der Waals surface area contributed by atoms with Gasteiger partial charge >= 0.3 is 0 Å². The summed E-state index contributed by atoms with van der Waals surface area (Å²) in [6, 6.07) is 2.00. The van der Waals surface area contributed by atoms with Gasteiger partial charge in [0.05, 0.1) is 5.56 Å². The van der Waals surface area contributed by atoms with Gasteiger partial charge in [0.15, 0.2) is 10.8 Å². The molecule has 0 amide bonds. The Morgan fingerprint density at radius 1 is 1.19 bits per heavy atom. The summed E-state index contributed by atoms with van der Waals surface area (Å²) in [5.74, 6) is 1.32. The second-order valence-electron chi connectivity index (χ2n) is 3.75. The lowest BCUT2D eigenvalue weighted by molar-refractivity contribution is 1.14. The van der Waals surface area contributed by atoms with Crippen LogP contribution in [0.3, 0.4) is 0 Å². The largest absolute Gasteiger partial charge is 0.241 e. The van der Waals surface area contributed by atoms with E-state index < -0.39 is 0 Å². The zero-order valence-electron chi connectivity index (χ0n) is 8.42. The van der Waals surface area contributed by atoms with Crippen LogP contribution in [-0.2, 0) is 0 Å². The van der Waals surface area contributed by atoms with Crippen LogP contribution >= 0.6 is 11.3 Å². The summed E-state index contributed by atoms with van der Waals surface area (Å²) >= 11 is 1.65. The molecule has 1 fully saturated rings. The van der Waals surface area contributed by atoms with Crippen LogP contribution in [0.5, 0.6) is 0 Å². The molecule has 0 unspecified atom stereocenters. The number of hydrogen-bond acceptors (Lipinski definition) is 5. The first-order valence-corrected chi connectivity index (χ1v) is 5.86. The first-order valence-electron chi connectivity index (χ1n) is 5.05. The zero-order valence-corrected chi connectivity index (χ0v) is 9.24. The summed E-state index contributed by atoms with van der Waals surface area (Å²) in [6.07, 6.45) is 7.52. The Bertz CT molecular complexity index is 548. The molecular formula is C11H8N4S. The molecule has 0 N–H and O–H groups in total.